The maximum absolute atomic E-state index is 13.4. The first-order chi connectivity index (χ1) is 9.28. The molecule has 0 saturated heterocycles. The van der Waals surface area contributed by atoms with Crippen LogP contribution in [0.25, 0.3) is 11.0 Å². The van der Waals surface area contributed by atoms with Crippen LogP contribution in [0.2, 0.25) is 0 Å². The van der Waals surface area contributed by atoms with Gasteiger partial charge in [-0.2, -0.15) is 0 Å². The van der Waals surface area contributed by atoms with E-state index < -0.39 is 0 Å². The van der Waals surface area contributed by atoms with Crippen molar-refractivity contribution in [2.45, 2.75) is 13.0 Å². The number of rotatable bonds is 4. The highest BCUT2D eigenvalue weighted by Crippen LogP contribution is 2.21. The standard InChI is InChI=1S/C14H12ClFN2S/c15-6-5-14-17-12-4-3-10(16)8-13(12)18(14)9-11-2-1-7-19-11/h1-4,7-8H,5-6,9H2. The fourth-order valence-electron chi connectivity index (χ4n) is 2.16. The molecule has 0 fully saturated rings. The van der Waals surface area contributed by atoms with Gasteiger partial charge in [0.25, 0.3) is 0 Å². The third-order valence-corrected chi connectivity index (χ3v) is 4.05. The summed E-state index contributed by atoms with van der Waals surface area (Å²) in [6, 6.07) is 8.78. The zero-order valence-electron chi connectivity index (χ0n) is 10.1. The molecule has 5 heteroatoms. The van der Waals surface area contributed by atoms with Crippen molar-refractivity contribution in [3.8, 4) is 0 Å². The first-order valence-corrected chi connectivity index (χ1v) is 7.42. The topological polar surface area (TPSA) is 17.8 Å². The molecule has 0 spiro atoms. The Bertz CT molecular complexity index is 691. The number of aromatic nitrogens is 2. The van der Waals surface area contributed by atoms with E-state index in [0.717, 1.165) is 16.9 Å². The minimum atomic E-state index is -0.239. The van der Waals surface area contributed by atoms with Crippen LogP contribution in [-0.2, 0) is 13.0 Å². The van der Waals surface area contributed by atoms with E-state index in [4.69, 9.17) is 11.6 Å². The van der Waals surface area contributed by atoms with Gasteiger partial charge in [0.1, 0.15) is 11.6 Å². The molecule has 0 amide bonds. The monoisotopic (exact) mass is 294 g/mol. The van der Waals surface area contributed by atoms with Gasteiger partial charge in [-0.1, -0.05) is 6.07 Å². The molecule has 3 aromatic rings. The Kier molecular flexibility index (Phi) is 3.53. The Morgan fingerprint density at radius 1 is 1.32 bits per heavy atom. The number of aryl methyl sites for hydroxylation is 1. The molecule has 2 nitrogen and oxygen atoms in total. The summed E-state index contributed by atoms with van der Waals surface area (Å²) in [5, 5.41) is 2.04. The lowest BCUT2D eigenvalue weighted by atomic mass is 10.3. The SMILES string of the molecule is Fc1ccc2nc(CCCl)n(Cc3cccs3)c2c1. The Hall–Kier alpha value is -1.39. The van der Waals surface area contributed by atoms with Crippen LogP contribution in [0, 0.1) is 5.82 Å². The normalized spacial score (nSPS) is 11.3. The van der Waals surface area contributed by atoms with Gasteiger partial charge in [0.15, 0.2) is 0 Å². The zero-order valence-corrected chi connectivity index (χ0v) is 11.7. The Morgan fingerprint density at radius 3 is 2.95 bits per heavy atom. The molecular weight excluding hydrogens is 283 g/mol. The van der Waals surface area contributed by atoms with Crippen LogP contribution in [0.4, 0.5) is 4.39 Å². The molecule has 0 bridgehead atoms. The summed E-state index contributed by atoms with van der Waals surface area (Å²) in [5.41, 5.74) is 1.64. The number of fused-ring (bicyclic) bond motifs is 1. The summed E-state index contributed by atoms with van der Waals surface area (Å²) in [6.07, 6.45) is 0.684. The largest absolute Gasteiger partial charge is 0.323 e. The quantitative estimate of drug-likeness (QED) is 0.663. The van der Waals surface area contributed by atoms with Crippen molar-refractivity contribution in [1.29, 1.82) is 0 Å². The van der Waals surface area contributed by atoms with E-state index in [-0.39, 0.29) is 5.82 Å². The van der Waals surface area contributed by atoms with Gasteiger partial charge in [-0.3, -0.25) is 0 Å². The van der Waals surface area contributed by atoms with Gasteiger partial charge in [0.05, 0.1) is 17.6 Å². The lowest BCUT2D eigenvalue weighted by molar-refractivity contribution is 0.628. The predicted octanol–water partition coefficient (Wildman–Crippen LogP) is 4.07. The molecule has 0 aliphatic carbocycles. The third-order valence-electron chi connectivity index (χ3n) is 3.00. The van der Waals surface area contributed by atoms with E-state index in [1.807, 2.05) is 16.0 Å². The van der Waals surface area contributed by atoms with Gasteiger partial charge in [-0.05, 0) is 29.6 Å². The van der Waals surface area contributed by atoms with Gasteiger partial charge in [-0.25, -0.2) is 9.37 Å². The predicted molar refractivity (Wildman–Crippen MR) is 77.5 cm³/mol. The summed E-state index contributed by atoms with van der Waals surface area (Å²) < 4.78 is 15.5. The highest BCUT2D eigenvalue weighted by atomic mass is 35.5. The van der Waals surface area contributed by atoms with Crippen molar-refractivity contribution in [2.24, 2.45) is 0 Å². The van der Waals surface area contributed by atoms with E-state index in [0.29, 0.717) is 18.8 Å². The van der Waals surface area contributed by atoms with Crippen molar-refractivity contribution in [3.05, 3.63) is 52.2 Å². The zero-order chi connectivity index (χ0) is 13.2. The summed E-state index contributed by atoms with van der Waals surface area (Å²) in [5.74, 6) is 1.18. The number of thiophene rings is 1. The number of hydrogen-bond donors (Lipinski definition) is 0. The van der Waals surface area contributed by atoms with Crippen LogP contribution in [0.3, 0.4) is 0 Å². The minimum absolute atomic E-state index is 0.239. The second-order valence-corrected chi connectivity index (χ2v) is 5.68. The van der Waals surface area contributed by atoms with Gasteiger partial charge in [0.2, 0.25) is 0 Å². The van der Waals surface area contributed by atoms with Crippen LogP contribution in [0.15, 0.2) is 35.7 Å². The molecule has 0 saturated carbocycles. The summed E-state index contributed by atoms with van der Waals surface area (Å²) in [4.78, 5) is 5.76. The van der Waals surface area contributed by atoms with Crippen LogP contribution < -0.4 is 0 Å². The minimum Gasteiger partial charge on any atom is -0.323 e. The van der Waals surface area contributed by atoms with Crippen LogP contribution >= 0.6 is 22.9 Å². The molecule has 1 aromatic carbocycles. The highest BCUT2D eigenvalue weighted by molar-refractivity contribution is 7.09. The van der Waals surface area contributed by atoms with Crippen molar-refractivity contribution in [1.82, 2.24) is 9.55 Å². The average molecular weight is 295 g/mol. The third kappa shape index (κ3) is 2.51. The number of benzene rings is 1. The van der Waals surface area contributed by atoms with Crippen LogP contribution in [-0.4, -0.2) is 15.4 Å². The second-order valence-electron chi connectivity index (χ2n) is 4.27. The van der Waals surface area contributed by atoms with E-state index in [2.05, 4.69) is 11.1 Å². The first kappa shape index (κ1) is 12.6. The molecule has 0 aliphatic heterocycles. The van der Waals surface area contributed by atoms with Crippen LogP contribution in [0.1, 0.15) is 10.7 Å². The van der Waals surface area contributed by atoms with E-state index in [1.54, 1.807) is 17.4 Å². The summed E-state index contributed by atoms with van der Waals surface area (Å²) in [7, 11) is 0. The maximum Gasteiger partial charge on any atom is 0.125 e. The number of hydrogen-bond acceptors (Lipinski definition) is 2. The van der Waals surface area contributed by atoms with Crippen molar-refractivity contribution in [3.63, 3.8) is 0 Å². The summed E-state index contributed by atoms with van der Waals surface area (Å²) >= 11 is 7.51. The molecule has 19 heavy (non-hydrogen) atoms. The lowest BCUT2D eigenvalue weighted by Gasteiger charge is -2.06. The number of imidazole rings is 1. The van der Waals surface area contributed by atoms with E-state index >= 15 is 0 Å². The lowest BCUT2D eigenvalue weighted by Crippen LogP contribution is -2.05. The highest BCUT2D eigenvalue weighted by Gasteiger charge is 2.11. The second kappa shape index (κ2) is 5.31. The number of nitrogens with zero attached hydrogens (tertiary/aromatic N) is 2. The van der Waals surface area contributed by atoms with Crippen molar-refractivity contribution in [2.75, 3.05) is 5.88 Å². The van der Waals surface area contributed by atoms with Gasteiger partial charge < -0.3 is 4.57 Å². The molecule has 0 N–H and O–H groups in total. The molecule has 3 rings (SSSR count). The van der Waals surface area contributed by atoms with Crippen molar-refractivity contribution >= 4 is 34.0 Å². The van der Waals surface area contributed by atoms with Crippen LogP contribution in [0.5, 0.6) is 0 Å². The fourth-order valence-corrected chi connectivity index (χ4v) is 3.02. The summed E-state index contributed by atoms with van der Waals surface area (Å²) in [6.45, 7) is 0.712. The number of alkyl halides is 1. The molecular formula is C14H12ClFN2S. The molecule has 2 aromatic heterocycles. The Balaban J connectivity index is 2.12. The van der Waals surface area contributed by atoms with E-state index in [1.165, 1.54) is 17.0 Å². The number of halogens is 2. The Morgan fingerprint density at radius 2 is 2.21 bits per heavy atom. The van der Waals surface area contributed by atoms with Crippen molar-refractivity contribution < 1.29 is 4.39 Å². The first-order valence-electron chi connectivity index (χ1n) is 6.01. The van der Waals surface area contributed by atoms with Gasteiger partial charge in [0, 0.05) is 17.2 Å². The maximum atomic E-state index is 13.4. The molecule has 0 atom stereocenters. The van der Waals surface area contributed by atoms with Gasteiger partial charge >= 0.3 is 0 Å². The fraction of sp³-hybridized carbons (Fsp3) is 0.214. The Labute approximate surface area is 119 Å². The average Bonchev–Trinajstić information content (AvgIpc) is 3.00. The molecule has 98 valence electrons. The smallest absolute Gasteiger partial charge is 0.125 e. The molecule has 2 heterocycles. The molecule has 0 aliphatic rings. The molecule has 0 unspecified atom stereocenters. The van der Waals surface area contributed by atoms with E-state index in [9.17, 15) is 4.39 Å². The van der Waals surface area contributed by atoms with Gasteiger partial charge in [-0.15, -0.1) is 22.9 Å². The molecule has 0 radical (unpaired) electrons.